The molecule has 1 spiro atoms. The maximum absolute atomic E-state index is 13.9. The summed E-state index contributed by atoms with van der Waals surface area (Å²) in [7, 11) is 0. The Morgan fingerprint density at radius 3 is 2.41 bits per heavy atom. The molecule has 3 heteroatoms. The number of benzene rings is 1. The molecule has 1 aromatic carbocycles. The molecule has 1 saturated heterocycles. The zero-order valence-electron chi connectivity index (χ0n) is 16.9. The molecule has 0 radical (unpaired) electrons. The number of rotatable bonds is 2. The summed E-state index contributed by atoms with van der Waals surface area (Å²) in [5, 5.41) is 3.59. The number of hydrogen-bond acceptors (Lipinski definition) is 2. The predicted molar refractivity (Wildman–Crippen MR) is 106 cm³/mol. The molecule has 1 heterocycles. The zero-order valence-corrected chi connectivity index (χ0v) is 16.9. The predicted octanol–water partition coefficient (Wildman–Crippen LogP) is 3.73. The summed E-state index contributed by atoms with van der Waals surface area (Å²) in [6.07, 6.45) is 6.06. The third-order valence-corrected chi connectivity index (χ3v) is 9.54. The van der Waals surface area contributed by atoms with E-state index in [0.717, 1.165) is 38.3 Å². The third kappa shape index (κ3) is 1.68. The summed E-state index contributed by atoms with van der Waals surface area (Å²) in [6.45, 7) is 8.69. The van der Waals surface area contributed by atoms with Gasteiger partial charge in [0.25, 0.3) is 0 Å². The molecule has 5 aliphatic rings. The lowest BCUT2D eigenvalue weighted by molar-refractivity contribution is -0.270. The van der Waals surface area contributed by atoms with Crippen LogP contribution in [0.5, 0.6) is 0 Å². The lowest BCUT2D eigenvalue weighted by Crippen LogP contribution is -2.75. The second-order valence-corrected chi connectivity index (χ2v) is 11.1. The van der Waals surface area contributed by atoms with E-state index in [1.807, 2.05) is 0 Å². The molecule has 1 aliphatic heterocycles. The molecule has 0 aromatic heterocycles. The number of carbonyl (C=O) groups excluding carboxylic acids is 1. The maximum atomic E-state index is 13.9. The first-order valence-corrected chi connectivity index (χ1v) is 11.0. The fourth-order valence-corrected chi connectivity index (χ4v) is 9.25. The topological polar surface area (TPSA) is 32.3 Å². The van der Waals surface area contributed by atoms with E-state index < -0.39 is 0 Å². The van der Waals surface area contributed by atoms with Crippen molar-refractivity contribution in [3.8, 4) is 0 Å². The van der Waals surface area contributed by atoms with E-state index in [1.54, 1.807) is 0 Å². The molecule has 1 N–H and O–H groups in total. The van der Waals surface area contributed by atoms with E-state index in [2.05, 4.69) is 61.3 Å². The van der Waals surface area contributed by atoms with Crippen LogP contribution in [0.2, 0.25) is 0 Å². The minimum absolute atomic E-state index is 0.0917. The Morgan fingerprint density at radius 1 is 1.04 bits per heavy atom. The molecular formula is C24H32N2O. The summed E-state index contributed by atoms with van der Waals surface area (Å²) in [5.41, 5.74) is 2.58. The van der Waals surface area contributed by atoms with Gasteiger partial charge in [-0.1, -0.05) is 37.3 Å². The number of piperazine rings is 1. The van der Waals surface area contributed by atoms with E-state index in [9.17, 15) is 4.79 Å². The van der Waals surface area contributed by atoms with Crippen molar-refractivity contribution >= 4 is 5.91 Å². The van der Waals surface area contributed by atoms with Gasteiger partial charge in [-0.05, 0) is 68.3 Å². The molecule has 5 unspecified atom stereocenters. The van der Waals surface area contributed by atoms with Crippen LogP contribution < -0.4 is 5.32 Å². The zero-order chi connectivity index (χ0) is 18.7. The molecule has 6 rings (SSSR count). The number of carbonyl (C=O) groups is 1. The van der Waals surface area contributed by atoms with Gasteiger partial charge in [0.2, 0.25) is 5.91 Å². The molecule has 144 valence electrons. The standard InChI is InChI=1S/C24H32N2O/c1-16-11-26(12-17(2)25-16)20(27)22-10-19-9-21(3)13-23(14-22,24(19,21)15-22)18-7-5-4-6-8-18/h4-8,16-17,19,25H,9-15H2,1-3H3/t16-,17+,19?,21?,22?,23?,24?. The number of nitrogens with one attached hydrogen (secondary N) is 1. The average Bonchev–Trinajstić information content (AvgIpc) is 3.10. The first-order valence-electron chi connectivity index (χ1n) is 11.0. The summed E-state index contributed by atoms with van der Waals surface area (Å²) in [5.74, 6) is 1.26. The number of hydrogen-bond donors (Lipinski definition) is 1. The smallest absolute Gasteiger partial charge is 0.228 e. The van der Waals surface area contributed by atoms with Crippen LogP contribution in [0.1, 0.15) is 58.4 Å². The van der Waals surface area contributed by atoms with E-state index in [4.69, 9.17) is 0 Å². The van der Waals surface area contributed by atoms with Gasteiger partial charge >= 0.3 is 0 Å². The average molecular weight is 365 g/mol. The highest BCUT2D eigenvalue weighted by atomic mass is 16.2. The highest BCUT2D eigenvalue weighted by molar-refractivity contribution is 5.85. The van der Waals surface area contributed by atoms with Crippen molar-refractivity contribution in [2.24, 2.45) is 22.2 Å². The lowest BCUT2D eigenvalue weighted by Gasteiger charge is -2.79. The van der Waals surface area contributed by atoms with Gasteiger partial charge in [0.1, 0.15) is 0 Å². The van der Waals surface area contributed by atoms with Crippen molar-refractivity contribution in [2.45, 2.75) is 70.4 Å². The van der Waals surface area contributed by atoms with Crippen molar-refractivity contribution in [1.29, 1.82) is 0 Å². The highest BCUT2D eigenvalue weighted by Gasteiger charge is 2.89. The van der Waals surface area contributed by atoms with Gasteiger partial charge in [-0.25, -0.2) is 0 Å². The van der Waals surface area contributed by atoms with Crippen LogP contribution in [-0.4, -0.2) is 36.0 Å². The second-order valence-electron chi connectivity index (χ2n) is 11.1. The second kappa shape index (κ2) is 4.79. The van der Waals surface area contributed by atoms with Crippen molar-refractivity contribution in [3.63, 3.8) is 0 Å². The van der Waals surface area contributed by atoms with Gasteiger partial charge in [0.05, 0.1) is 5.41 Å². The molecule has 5 fully saturated rings. The van der Waals surface area contributed by atoms with E-state index in [-0.39, 0.29) is 10.8 Å². The Morgan fingerprint density at radius 2 is 1.74 bits per heavy atom. The molecule has 2 bridgehead atoms. The van der Waals surface area contributed by atoms with Gasteiger partial charge in [-0.15, -0.1) is 0 Å². The van der Waals surface area contributed by atoms with Crippen molar-refractivity contribution in [2.75, 3.05) is 13.1 Å². The molecule has 7 atom stereocenters. The van der Waals surface area contributed by atoms with Gasteiger partial charge in [0, 0.05) is 30.6 Å². The molecule has 1 aromatic rings. The molecular weight excluding hydrogens is 332 g/mol. The third-order valence-electron chi connectivity index (χ3n) is 9.54. The molecule has 4 saturated carbocycles. The Bertz CT molecular complexity index is 813. The monoisotopic (exact) mass is 364 g/mol. The summed E-state index contributed by atoms with van der Waals surface area (Å²) in [4.78, 5) is 16.1. The minimum Gasteiger partial charge on any atom is -0.339 e. The van der Waals surface area contributed by atoms with E-state index >= 15 is 0 Å². The summed E-state index contributed by atoms with van der Waals surface area (Å²) >= 11 is 0. The van der Waals surface area contributed by atoms with E-state index in [1.165, 1.54) is 18.4 Å². The van der Waals surface area contributed by atoms with Crippen LogP contribution in [0, 0.1) is 22.2 Å². The van der Waals surface area contributed by atoms with Crippen LogP contribution in [-0.2, 0) is 10.2 Å². The summed E-state index contributed by atoms with van der Waals surface area (Å²) in [6, 6.07) is 12.0. The van der Waals surface area contributed by atoms with Crippen molar-refractivity contribution in [3.05, 3.63) is 35.9 Å². The highest BCUT2D eigenvalue weighted by Crippen LogP contribution is 2.93. The van der Waals surface area contributed by atoms with Crippen LogP contribution in [0.15, 0.2) is 30.3 Å². The normalized spacial score (nSPS) is 52.1. The quantitative estimate of drug-likeness (QED) is 0.867. The van der Waals surface area contributed by atoms with Crippen LogP contribution in [0.3, 0.4) is 0 Å². The maximum Gasteiger partial charge on any atom is 0.228 e. The van der Waals surface area contributed by atoms with Crippen molar-refractivity contribution in [1.82, 2.24) is 10.2 Å². The molecule has 3 nitrogen and oxygen atoms in total. The SMILES string of the molecule is C[C@@H]1CN(C(=O)C23CC4CC5(C)CC(c6ccccc6)(C2)C45C3)C[C@H](C)N1. The Hall–Kier alpha value is -1.35. The Labute approximate surface area is 162 Å². The molecule has 1 amide bonds. The fraction of sp³-hybridized carbons (Fsp3) is 0.708. The van der Waals surface area contributed by atoms with Crippen LogP contribution in [0.4, 0.5) is 0 Å². The lowest BCUT2D eigenvalue weighted by atomic mass is 9.24. The molecule has 27 heavy (non-hydrogen) atoms. The number of fused-ring (bicyclic) bond motifs is 1. The van der Waals surface area contributed by atoms with Crippen LogP contribution in [0.25, 0.3) is 0 Å². The first kappa shape index (κ1) is 16.6. The Balaban J connectivity index is 1.40. The molecule has 4 aliphatic carbocycles. The first-order chi connectivity index (χ1) is 12.8. The largest absolute Gasteiger partial charge is 0.339 e. The number of nitrogens with zero attached hydrogens (tertiary/aromatic N) is 1. The van der Waals surface area contributed by atoms with Gasteiger partial charge in [-0.2, -0.15) is 0 Å². The van der Waals surface area contributed by atoms with Gasteiger partial charge < -0.3 is 10.2 Å². The van der Waals surface area contributed by atoms with Gasteiger partial charge in [0.15, 0.2) is 0 Å². The minimum atomic E-state index is -0.0917. The summed E-state index contributed by atoms with van der Waals surface area (Å²) < 4.78 is 0. The Kier molecular flexibility index (Phi) is 2.94. The van der Waals surface area contributed by atoms with Crippen molar-refractivity contribution < 1.29 is 4.79 Å². The fourth-order valence-electron chi connectivity index (χ4n) is 9.25. The van der Waals surface area contributed by atoms with Gasteiger partial charge in [-0.3, -0.25) is 4.79 Å². The number of amides is 1. The van der Waals surface area contributed by atoms with Crippen LogP contribution >= 0.6 is 0 Å². The van der Waals surface area contributed by atoms with E-state index in [0.29, 0.717) is 28.8 Å².